The zero-order valence-electron chi connectivity index (χ0n) is 12.9. The van der Waals surface area contributed by atoms with Crippen molar-refractivity contribution in [2.75, 3.05) is 39.8 Å². The molecule has 0 saturated carbocycles. The van der Waals surface area contributed by atoms with E-state index in [9.17, 15) is 5.11 Å². The number of rotatable bonds is 8. The standard InChI is InChI=1S/C15H32N2O2/c1-4-15(19,5-2)13-17-10-7-14(8-11-17)16(3)9-6-12-18/h14,18-19H,4-13H2,1-3H3. The van der Waals surface area contributed by atoms with Crippen molar-refractivity contribution >= 4 is 0 Å². The second kappa shape index (κ2) is 8.20. The van der Waals surface area contributed by atoms with Crippen LogP contribution in [0.1, 0.15) is 46.0 Å². The van der Waals surface area contributed by atoms with Crippen molar-refractivity contribution < 1.29 is 10.2 Å². The van der Waals surface area contributed by atoms with Gasteiger partial charge in [0, 0.05) is 25.7 Å². The number of β-amino-alcohol motifs (C(OH)–C–C–N with tert-alkyl or cyclic N) is 1. The van der Waals surface area contributed by atoms with Gasteiger partial charge < -0.3 is 20.0 Å². The maximum Gasteiger partial charge on any atom is 0.0768 e. The summed E-state index contributed by atoms with van der Waals surface area (Å²) in [6, 6.07) is 0.638. The molecule has 1 aliphatic heterocycles. The van der Waals surface area contributed by atoms with Gasteiger partial charge in [-0.3, -0.25) is 0 Å². The summed E-state index contributed by atoms with van der Waals surface area (Å²) < 4.78 is 0. The van der Waals surface area contributed by atoms with Gasteiger partial charge in [-0.1, -0.05) is 13.8 Å². The average molecular weight is 272 g/mol. The molecule has 0 unspecified atom stereocenters. The van der Waals surface area contributed by atoms with E-state index in [0.29, 0.717) is 6.04 Å². The van der Waals surface area contributed by atoms with E-state index in [1.165, 1.54) is 12.8 Å². The Morgan fingerprint density at radius 2 is 1.79 bits per heavy atom. The molecule has 0 aromatic carbocycles. The van der Waals surface area contributed by atoms with Crippen LogP contribution in [0.15, 0.2) is 0 Å². The molecule has 2 N–H and O–H groups in total. The molecule has 114 valence electrons. The predicted octanol–water partition coefficient (Wildman–Crippen LogP) is 1.32. The van der Waals surface area contributed by atoms with E-state index in [-0.39, 0.29) is 6.61 Å². The number of aliphatic hydroxyl groups is 2. The van der Waals surface area contributed by atoms with Crippen LogP contribution in [0.25, 0.3) is 0 Å². The minimum Gasteiger partial charge on any atom is -0.396 e. The molecule has 0 aromatic rings. The number of piperidine rings is 1. The Labute approximate surface area is 118 Å². The largest absolute Gasteiger partial charge is 0.396 e. The van der Waals surface area contributed by atoms with Gasteiger partial charge in [-0.15, -0.1) is 0 Å². The second-order valence-corrected chi connectivity index (χ2v) is 6.00. The summed E-state index contributed by atoms with van der Waals surface area (Å²) in [5.74, 6) is 0. The molecular formula is C15H32N2O2. The van der Waals surface area contributed by atoms with E-state index >= 15 is 0 Å². The second-order valence-electron chi connectivity index (χ2n) is 6.00. The summed E-state index contributed by atoms with van der Waals surface area (Å²) in [5.41, 5.74) is -0.504. The summed E-state index contributed by atoms with van der Waals surface area (Å²) in [7, 11) is 2.16. The lowest BCUT2D eigenvalue weighted by molar-refractivity contribution is -0.0142. The molecule has 0 spiro atoms. The molecule has 4 nitrogen and oxygen atoms in total. The monoisotopic (exact) mass is 272 g/mol. The molecule has 0 aliphatic carbocycles. The van der Waals surface area contributed by atoms with Crippen LogP contribution in [-0.4, -0.2) is 71.5 Å². The van der Waals surface area contributed by atoms with Crippen LogP contribution in [0, 0.1) is 0 Å². The molecule has 0 atom stereocenters. The summed E-state index contributed by atoms with van der Waals surface area (Å²) >= 11 is 0. The van der Waals surface area contributed by atoms with Gasteiger partial charge in [-0.2, -0.15) is 0 Å². The van der Waals surface area contributed by atoms with Crippen LogP contribution in [0.5, 0.6) is 0 Å². The third-order valence-electron chi connectivity index (χ3n) is 4.68. The van der Waals surface area contributed by atoms with Gasteiger partial charge >= 0.3 is 0 Å². The van der Waals surface area contributed by atoms with Gasteiger partial charge in [0.2, 0.25) is 0 Å². The van der Waals surface area contributed by atoms with E-state index in [0.717, 1.165) is 45.4 Å². The Hall–Kier alpha value is -0.160. The number of nitrogens with zero attached hydrogens (tertiary/aromatic N) is 2. The van der Waals surface area contributed by atoms with Crippen LogP contribution in [0.3, 0.4) is 0 Å². The van der Waals surface area contributed by atoms with Gasteiger partial charge in [0.1, 0.15) is 0 Å². The van der Waals surface area contributed by atoms with Crippen molar-refractivity contribution in [3.63, 3.8) is 0 Å². The van der Waals surface area contributed by atoms with E-state index in [4.69, 9.17) is 5.11 Å². The molecule has 4 heteroatoms. The Morgan fingerprint density at radius 1 is 1.21 bits per heavy atom. The minimum atomic E-state index is -0.504. The highest BCUT2D eigenvalue weighted by Crippen LogP contribution is 2.21. The number of hydrogen-bond donors (Lipinski definition) is 2. The molecular weight excluding hydrogens is 240 g/mol. The van der Waals surface area contributed by atoms with Gasteiger partial charge in [-0.25, -0.2) is 0 Å². The first kappa shape index (κ1) is 16.9. The van der Waals surface area contributed by atoms with Crippen LogP contribution in [0.2, 0.25) is 0 Å². The highest BCUT2D eigenvalue weighted by Gasteiger charge is 2.29. The van der Waals surface area contributed by atoms with E-state index < -0.39 is 5.60 Å². The van der Waals surface area contributed by atoms with E-state index in [1.54, 1.807) is 0 Å². The Bertz CT molecular complexity index is 236. The molecule has 1 fully saturated rings. The average Bonchev–Trinajstić information content (AvgIpc) is 2.45. The first-order valence-corrected chi connectivity index (χ1v) is 7.80. The smallest absolute Gasteiger partial charge is 0.0768 e. The molecule has 19 heavy (non-hydrogen) atoms. The zero-order chi connectivity index (χ0) is 14.3. The molecule has 1 heterocycles. The van der Waals surface area contributed by atoms with E-state index in [1.807, 2.05) is 0 Å². The first-order chi connectivity index (χ1) is 9.04. The van der Waals surface area contributed by atoms with Crippen molar-refractivity contribution in [3.8, 4) is 0 Å². The van der Waals surface area contributed by atoms with Crippen LogP contribution in [-0.2, 0) is 0 Å². The highest BCUT2D eigenvalue weighted by atomic mass is 16.3. The van der Waals surface area contributed by atoms with Gasteiger partial charge in [0.15, 0.2) is 0 Å². The quantitative estimate of drug-likeness (QED) is 0.699. The number of aliphatic hydroxyl groups excluding tert-OH is 1. The molecule has 1 aliphatic rings. The number of hydrogen-bond acceptors (Lipinski definition) is 4. The third kappa shape index (κ3) is 5.38. The Kier molecular flexibility index (Phi) is 7.29. The Balaban J connectivity index is 2.32. The number of likely N-dealkylation sites (tertiary alicyclic amines) is 1. The molecule has 1 saturated heterocycles. The summed E-state index contributed by atoms with van der Waals surface area (Å²) in [6.07, 6.45) is 4.87. The fourth-order valence-electron chi connectivity index (χ4n) is 2.91. The van der Waals surface area contributed by atoms with Gasteiger partial charge in [0.05, 0.1) is 5.60 Å². The first-order valence-electron chi connectivity index (χ1n) is 7.80. The fraction of sp³-hybridized carbons (Fsp3) is 1.00. The van der Waals surface area contributed by atoms with E-state index in [2.05, 4.69) is 30.7 Å². The minimum absolute atomic E-state index is 0.281. The normalized spacial score (nSPS) is 19.3. The van der Waals surface area contributed by atoms with Crippen LogP contribution in [0.4, 0.5) is 0 Å². The summed E-state index contributed by atoms with van der Waals surface area (Å²) in [4.78, 5) is 4.78. The topological polar surface area (TPSA) is 46.9 Å². The zero-order valence-corrected chi connectivity index (χ0v) is 12.9. The molecule has 0 bridgehead atoms. The lowest BCUT2D eigenvalue weighted by atomic mass is 9.94. The molecule has 0 aromatic heterocycles. The van der Waals surface area contributed by atoms with Crippen molar-refractivity contribution in [3.05, 3.63) is 0 Å². The van der Waals surface area contributed by atoms with Gasteiger partial charge in [0.25, 0.3) is 0 Å². The SMILES string of the molecule is CCC(O)(CC)CN1CCC(N(C)CCCO)CC1. The maximum atomic E-state index is 10.4. The van der Waals surface area contributed by atoms with Crippen molar-refractivity contribution in [2.45, 2.75) is 57.6 Å². The third-order valence-corrected chi connectivity index (χ3v) is 4.68. The molecule has 0 radical (unpaired) electrons. The highest BCUT2D eigenvalue weighted by molar-refractivity contribution is 4.84. The van der Waals surface area contributed by atoms with Gasteiger partial charge in [-0.05, 0) is 52.2 Å². The summed E-state index contributed by atoms with van der Waals surface area (Å²) in [6.45, 7) is 8.37. The van der Waals surface area contributed by atoms with Crippen molar-refractivity contribution in [1.29, 1.82) is 0 Å². The lowest BCUT2D eigenvalue weighted by Crippen LogP contribution is -2.49. The summed E-state index contributed by atoms with van der Waals surface area (Å²) in [5, 5.41) is 19.3. The van der Waals surface area contributed by atoms with Crippen LogP contribution >= 0.6 is 0 Å². The van der Waals surface area contributed by atoms with Crippen molar-refractivity contribution in [2.24, 2.45) is 0 Å². The molecule has 1 rings (SSSR count). The predicted molar refractivity (Wildman–Crippen MR) is 79.3 cm³/mol. The van der Waals surface area contributed by atoms with Crippen LogP contribution < -0.4 is 0 Å². The lowest BCUT2D eigenvalue weighted by Gasteiger charge is -2.40. The Morgan fingerprint density at radius 3 is 2.26 bits per heavy atom. The van der Waals surface area contributed by atoms with Crippen molar-refractivity contribution in [1.82, 2.24) is 9.80 Å². The fourth-order valence-corrected chi connectivity index (χ4v) is 2.91. The maximum absolute atomic E-state index is 10.4. The molecule has 0 amide bonds.